The Hall–Kier alpha value is -1.77. The van der Waals surface area contributed by atoms with Gasteiger partial charge >= 0.3 is 0 Å². The molecule has 0 spiro atoms. The Bertz CT molecular complexity index is 668. The van der Waals surface area contributed by atoms with Crippen molar-refractivity contribution < 1.29 is 14.3 Å². The topological polar surface area (TPSA) is 35.5 Å². The van der Waals surface area contributed by atoms with Gasteiger partial charge in [0.15, 0.2) is 17.3 Å². The lowest BCUT2D eigenvalue weighted by Crippen LogP contribution is -2.21. The van der Waals surface area contributed by atoms with Crippen LogP contribution in [0.15, 0.2) is 17.7 Å². The number of ether oxygens (including phenoxy) is 2. The summed E-state index contributed by atoms with van der Waals surface area (Å²) in [6, 6.07) is 2.25. The highest BCUT2D eigenvalue weighted by Crippen LogP contribution is 2.50. The van der Waals surface area contributed by atoms with Crippen LogP contribution < -0.4 is 9.47 Å². The normalized spacial score (nSPS) is 20.4. The number of carbonyl (C=O) groups is 1. The SMILES string of the molecule is COc1c(C)cc2c(c1OC)[C@H](C)CC[C@@H]2[C@@H](C)CC(=O)C=C(C)C. The summed E-state index contributed by atoms with van der Waals surface area (Å²) in [5.41, 5.74) is 4.77. The van der Waals surface area contributed by atoms with E-state index in [2.05, 4.69) is 26.8 Å². The van der Waals surface area contributed by atoms with Gasteiger partial charge in [-0.25, -0.2) is 0 Å². The van der Waals surface area contributed by atoms with E-state index in [1.807, 2.05) is 13.8 Å². The second kappa shape index (κ2) is 8.07. The fraction of sp³-hybridized carbons (Fsp3) is 0.591. The predicted molar refractivity (Wildman–Crippen MR) is 103 cm³/mol. The van der Waals surface area contributed by atoms with Gasteiger partial charge in [0.2, 0.25) is 0 Å². The third-order valence-electron chi connectivity index (χ3n) is 5.36. The molecule has 1 aliphatic rings. The number of ketones is 1. The minimum Gasteiger partial charge on any atom is -0.493 e. The van der Waals surface area contributed by atoms with E-state index in [0.717, 1.165) is 35.5 Å². The van der Waals surface area contributed by atoms with Gasteiger partial charge in [-0.3, -0.25) is 4.79 Å². The summed E-state index contributed by atoms with van der Waals surface area (Å²) in [7, 11) is 3.42. The van der Waals surface area contributed by atoms with Crippen molar-refractivity contribution >= 4 is 5.78 Å². The van der Waals surface area contributed by atoms with Crippen molar-refractivity contribution in [1.29, 1.82) is 0 Å². The Morgan fingerprint density at radius 1 is 1.24 bits per heavy atom. The number of rotatable bonds is 6. The molecule has 2 rings (SSSR count). The number of fused-ring (bicyclic) bond motifs is 1. The molecule has 0 bridgehead atoms. The van der Waals surface area contributed by atoms with Crippen LogP contribution in [0.1, 0.15) is 75.5 Å². The molecule has 1 aliphatic carbocycles. The van der Waals surface area contributed by atoms with Crippen LogP contribution in [0.5, 0.6) is 11.5 Å². The molecule has 0 fully saturated rings. The molecule has 3 heteroatoms. The first-order valence-electron chi connectivity index (χ1n) is 9.23. The number of carbonyl (C=O) groups excluding carboxylic acids is 1. The quantitative estimate of drug-likeness (QED) is 0.634. The second-order valence-corrected chi connectivity index (χ2v) is 7.72. The Labute approximate surface area is 152 Å². The van der Waals surface area contributed by atoms with Crippen LogP contribution in [-0.2, 0) is 4.79 Å². The lowest BCUT2D eigenvalue weighted by molar-refractivity contribution is -0.115. The van der Waals surface area contributed by atoms with Crippen molar-refractivity contribution in [2.45, 2.75) is 65.7 Å². The van der Waals surface area contributed by atoms with Gasteiger partial charge < -0.3 is 9.47 Å². The summed E-state index contributed by atoms with van der Waals surface area (Å²) in [6.07, 6.45) is 4.59. The van der Waals surface area contributed by atoms with Crippen molar-refractivity contribution in [3.63, 3.8) is 0 Å². The van der Waals surface area contributed by atoms with Crippen molar-refractivity contribution in [1.82, 2.24) is 0 Å². The molecule has 1 aromatic rings. The molecular weight excluding hydrogens is 312 g/mol. The van der Waals surface area contributed by atoms with Crippen molar-refractivity contribution in [3.05, 3.63) is 34.4 Å². The van der Waals surface area contributed by atoms with Gasteiger partial charge in [0.25, 0.3) is 0 Å². The van der Waals surface area contributed by atoms with Gasteiger partial charge in [0.05, 0.1) is 14.2 Å². The van der Waals surface area contributed by atoms with Gasteiger partial charge in [-0.15, -0.1) is 0 Å². The molecule has 0 N–H and O–H groups in total. The van der Waals surface area contributed by atoms with Crippen LogP contribution in [0.4, 0.5) is 0 Å². The highest BCUT2D eigenvalue weighted by molar-refractivity contribution is 5.90. The minimum absolute atomic E-state index is 0.227. The molecule has 0 heterocycles. The zero-order valence-electron chi connectivity index (χ0n) is 16.7. The number of methoxy groups -OCH3 is 2. The lowest BCUT2D eigenvalue weighted by atomic mass is 9.70. The fourth-order valence-corrected chi connectivity index (χ4v) is 4.24. The lowest BCUT2D eigenvalue weighted by Gasteiger charge is -2.35. The number of hydrogen-bond donors (Lipinski definition) is 0. The Kier molecular flexibility index (Phi) is 6.31. The molecule has 138 valence electrons. The summed E-state index contributed by atoms with van der Waals surface area (Å²) in [6.45, 7) is 10.5. The van der Waals surface area contributed by atoms with Crippen LogP contribution in [0.3, 0.4) is 0 Å². The largest absolute Gasteiger partial charge is 0.493 e. The molecule has 0 aromatic heterocycles. The molecule has 25 heavy (non-hydrogen) atoms. The average Bonchev–Trinajstić information content (AvgIpc) is 2.52. The Morgan fingerprint density at radius 3 is 2.44 bits per heavy atom. The van der Waals surface area contributed by atoms with Gasteiger partial charge in [-0.1, -0.05) is 25.5 Å². The molecule has 1 aromatic carbocycles. The van der Waals surface area contributed by atoms with Gasteiger partial charge in [-0.2, -0.15) is 0 Å². The van der Waals surface area contributed by atoms with Crippen LogP contribution >= 0.6 is 0 Å². The molecule has 0 aliphatic heterocycles. The third kappa shape index (κ3) is 4.08. The van der Waals surface area contributed by atoms with Crippen molar-refractivity contribution in [3.8, 4) is 11.5 Å². The second-order valence-electron chi connectivity index (χ2n) is 7.72. The minimum atomic E-state index is 0.227. The summed E-state index contributed by atoms with van der Waals surface area (Å²) in [5, 5.41) is 0. The van der Waals surface area contributed by atoms with Gasteiger partial charge in [0.1, 0.15) is 0 Å². The molecule has 0 radical (unpaired) electrons. The number of benzene rings is 1. The maximum absolute atomic E-state index is 12.3. The van der Waals surface area contributed by atoms with Gasteiger partial charge in [-0.05, 0) is 68.6 Å². The standard InChI is InChI=1S/C22H32O3/c1-13(2)10-17(23)11-15(4)18-9-8-14(3)20-19(18)12-16(5)21(24-6)22(20)25-7/h10,12,14-15,18H,8-9,11H2,1-7H3/t14-,15+,18-/m1/s1. The van der Waals surface area contributed by atoms with E-state index in [1.54, 1.807) is 20.3 Å². The molecule has 3 nitrogen and oxygen atoms in total. The maximum Gasteiger partial charge on any atom is 0.164 e. The monoisotopic (exact) mass is 344 g/mol. The Morgan fingerprint density at radius 2 is 1.88 bits per heavy atom. The first kappa shape index (κ1) is 19.6. The molecule has 0 amide bonds. The maximum atomic E-state index is 12.3. The Balaban J connectivity index is 2.43. The molecule has 0 unspecified atom stereocenters. The van der Waals surface area contributed by atoms with Gasteiger partial charge in [0, 0.05) is 12.0 Å². The molecule has 3 atom stereocenters. The van der Waals surface area contributed by atoms with E-state index in [4.69, 9.17) is 9.47 Å². The summed E-state index contributed by atoms with van der Waals surface area (Å²) in [4.78, 5) is 12.3. The summed E-state index contributed by atoms with van der Waals surface area (Å²) in [5.74, 6) is 3.08. The van der Waals surface area contributed by atoms with E-state index in [0.29, 0.717) is 24.2 Å². The zero-order chi connectivity index (χ0) is 18.7. The number of hydrogen-bond acceptors (Lipinski definition) is 3. The predicted octanol–water partition coefficient (Wildman–Crippen LogP) is 5.55. The van der Waals surface area contributed by atoms with Crippen molar-refractivity contribution in [2.24, 2.45) is 5.92 Å². The summed E-state index contributed by atoms with van der Waals surface area (Å²) < 4.78 is 11.3. The first-order valence-corrected chi connectivity index (χ1v) is 9.23. The molecular formula is C22H32O3. The number of aryl methyl sites for hydroxylation is 1. The third-order valence-corrected chi connectivity index (χ3v) is 5.36. The van der Waals surface area contributed by atoms with E-state index < -0.39 is 0 Å². The van der Waals surface area contributed by atoms with E-state index >= 15 is 0 Å². The number of allylic oxidation sites excluding steroid dienone is 2. The smallest absolute Gasteiger partial charge is 0.164 e. The highest BCUT2D eigenvalue weighted by atomic mass is 16.5. The van der Waals surface area contributed by atoms with E-state index in [9.17, 15) is 4.79 Å². The fourth-order valence-electron chi connectivity index (χ4n) is 4.24. The molecule has 0 saturated carbocycles. The zero-order valence-corrected chi connectivity index (χ0v) is 16.7. The summed E-state index contributed by atoms with van der Waals surface area (Å²) >= 11 is 0. The van der Waals surface area contributed by atoms with Crippen LogP contribution in [0.25, 0.3) is 0 Å². The van der Waals surface area contributed by atoms with E-state index in [1.165, 1.54) is 11.1 Å². The molecule has 0 saturated heterocycles. The first-order chi connectivity index (χ1) is 11.8. The van der Waals surface area contributed by atoms with Crippen molar-refractivity contribution in [2.75, 3.05) is 14.2 Å². The van der Waals surface area contributed by atoms with E-state index in [-0.39, 0.29) is 5.78 Å². The van der Waals surface area contributed by atoms with Crippen LogP contribution in [0, 0.1) is 12.8 Å². The average molecular weight is 344 g/mol. The van der Waals surface area contributed by atoms with Crippen LogP contribution in [-0.4, -0.2) is 20.0 Å². The van der Waals surface area contributed by atoms with Crippen LogP contribution in [0.2, 0.25) is 0 Å². The highest BCUT2D eigenvalue weighted by Gasteiger charge is 2.33.